The van der Waals surface area contributed by atoms with Gasteiger partial charge in [-0.15, -0.1) is 0 Å². The van der Waals surface area contributed by atoms with E-state index in [4.69, 9.17) is 4.74 Å². The van der Waals surface area contributed by atoms with Crippen LogP contribution in [0, 0.1) is 0 Å². The Morgan fingerprint density at radius 3 is 2.00 bits per heavy atom. The Bertz CT molecular complexity index is 703. The van der Waals surface area contributed by atoms with E-state index in [1.165, 1.54) is 11.1 Å². The van der Waals surface area contributed by atoms with E-state index in [2.05, 4.69) is 53.7 Å². The van der Waals surface area contributed by atoms with Crippen molar-refractivity contribution >= 4 is 0 Å². The molecule has 25 heavy (non-hydrogen) atoms. The molecule has 0 unspecified atom stereocenters. The molecule has 1 atom stereocenters. The standard InChI is InChI=1S/C23H32O2/c1-22(2,3)18-13-17(14-20(24)16-11-9-8-10-12-16)21(25-7)19(15-18)23(4,5)6/h8-13,15,20,24H,14H2,1-7H3/t20-/m0/s1. The van der Waals surface area contributed by atoms with Gasteiger partial charge in [-0.1, -0.05) is 84.0 Å². The molecule has 2 aromatic carbocycles. The van der Waals surface area contributed by atoms with Crippen LogP contribution in [0.25, 0.3) is 0 Å². The second-order valence-electron chi connectivity index (χ2n) is 8.85. The Balaban J connectivity index is 2.55. The van der Waals surface area contributed by atoms with Gasteiger partial charge in [0.15, 0.2) is 0 Å². The number of methoxy groups -OCH3 is 1. The van der Waals surface area contributed by atoms with Gasteiger partial charge in [0.05, 0.1) is 13.2 Å². The lowest BCUT2D eigenvalue weighted by molar-refractivity contribution is 0.177. The summed E-state index contributed by atoms with van der Waals surface area (Å²) >= 11 is 0. The lowest BCUT2D eigenvalue weighted by atomic mass is 9.78. The minimum Gasteiger partial charge on any atom is -0.496 e. The van der Waals surface area contributed by atoms with E-state index in [1.54, 1.807) is 7.11 Å². The highest BCUT2D eigenvalue weighted by Gasteiger charge is 2.26. The van der Waals surface area contributed by atoms with E-state index in [0.717, 1.165) is 16.9 Å². The third-order valence-electron chi connectivity index (χ3n) is 4.64. The Labute approximate surface area is 152 Å². The van der Waals surface area contributed by atoms with Crippen LogP contribution in [-0.2, 0) is 17.3 Å². The molecule has 2 heteroatoms. The van der Waals surface area contributed by atoms with Gasteiger partial charge in [-0.05, 0) is 27.5 Å². The lowest BCUT2D eigenvalue weighted by Gasteiger charge is -2.29. The lowest BCUT2D eigenvalue weighted by Crippen LogP contribution is -2.19. The van der Waals surface area contributed by atoms with Crippen molar-refractivity contribution in [2.45, 2.75) is 64.9 Å². The van der Waals surface area contributed by atoms with Crippen LogP contribution in [0.5, 0.6) is 5.75 Å². The molecule has 0 spiro atoms. The number of aliphatic hydroxyl groups excluding tert-OH is 1. The van der Waals surface area contributed by atoms with Crippen molar-refractivity contribution in [3.8, 4) is 5.75 Å². The van der Waals surface area contributed by atoms with Crippen LogP contribution in [0.4, 0.5) is 0 Å². The molecule has 2 rings (SSSR count). The normalized spacial score (nSPS) is 13.6. The van der Waals surface area contributed by atoms with Gasteiger partial charge in [0.1, 0.15) is 5.75 Å². The molecule has 0 aliphatic carbocycles. The zero-order valence-electron chi connectivity index (χ0n) is 16.7. The van der Waals surface area contributed by atoms with Gasteiger partial charge in [0, 0.05) is 12.0 Å². The van der Waals surface area contributed by atoms with Gasteiger partial charge < -0.3 is 9.84 Å². The fraction of sp³-hybridized carbons (Fsp3) is 0.478. The first kappa shape index (κ1) is 19.5. The van der Waals surface area contributed by atoms with Crippen molar-refractivity contribution in [3.05, 3.63) is 64.7 Å². The minimum absolute atomic E-state index is 0.0287. The molecular weight excluding hydrogens is 308 g/mol. The van der Waals surface area contributed by atoms with Gasteiger partial charge in [0.25, 0.3) is 0 Å². The van der Waals surface area contributed by atoms with Gasteiger partial charge in [-0.3, -0.25) is 0 Å². The molecule has 0 aliphatic heterocycles. The highest BCUT2D eigenvalue weighted by Crippen LogP contribution is 2.39. The van der Waals surface area contributed by atoms with Crippen LogP contribution in [-0.4, -0.2) is 12.2 Å². The zero-order valence-corrected chi connectivity index (χ0v) is 16.7. The molecule has 0 bridgehead atoms. The average molecular weight is 341 g/mol. The molecule has 136 valence electrons. The van der Waals surface area contributed by atoms with E-state index in [1.807, 2.05) is 30.3 Å². The predicted octanol–water partition coefficient (Wildman–Crippen LogP) is 5.57. The Morgan fingerprint density at radius 2 is 1.52 bits per heavy atom. The molecule has 0 heterocycles. The smallest absolute Gasteiger partial charge is 0.125 e. The molecule has 0 aliphatic rings. The van der Waals surface area contributed by atoms with Crippen molar-refractivity contribution < 1.29 is 9.84 Å². The fourth-order valence-corrected chi connectivity index (χ4v) is 3.07. The second-order valence-corrected chi connectivity index (χ2v) is 8.85. The molecule has 0 aromatic heterocycles. The zero-order chi connectivity index (χ0) is 18.8. The third kappa shape index (κ3) is 4.64. The first-order valence-electron chi connectivity index (χ1n) is 8.99. The van der Waals surface area contributed by atoms with Gasteiger partial charge in [-0.2, -0.15) is 0 Å². The Morgan fingerprint density at radius 1 is 0.920 bits per heavy atom. The topological polar surface area (TPSA) is 29.5 Å². The van der Waals surface area contributed by atoms with E-state index in [-0.39, 0.29) is 10.8 Å². The highest BCUT2D eigenvalue weighted by atomic mass is 16.5. The summed E-state index contributed by atoms with van der Waals surface area (Å²) in [5.74, 6) is 0.899. The van der Waals surface area contributed by atoms with Crippen molar-refractivity contribution in [1.82, 2.24) is 0 Å². The van der Waals surface area contributed by atoms with Crippen LogP contribution in [0.1, 0.15) is 69.9 Å². The largest absolute Gasteiger partial charge is 0.496 e. The quantitative estimate of drug-likeness (QED) is 0.789. The first-order valence-corrected chi connectivity index (χ1v) is 8.99. The summed E-state index contributed by atoms with van der Waals surface area (Å²) < 4.78 is 5.80. The molecule has 0 fully saturated rings. The summed E-state index contributed by atoms with van der Waals surface area (Å²) in [6.45, 7) is 13.3. The van der Waals surface area contributed by atoms with E-state index in [9.17, 15) is 5.11 Å². The van der Waals surface area contributed by atoms with E-state index >= 15 is 0 Å². The second kappa shape index (κ2) is 7.21. The highest BCUT2D eigenvalue weighted by molar-refractivity contribution is 5.50. The number of ether oxygens (including phenoxy) is 1. The van der Waals surface area contributed by atoms with Crippen molar-refractivity contribution in [1.29, 1.82) is 0 Å². The van der Waals surface area contributed by atoms with E-state index < -0.39 is 6.10 Å². The Hall–Kier alpha value is -1.80. The molecule has 2 nitrogen and oxygen atoms in total. The summed E-state index contributed by atoms with van der Waals surface area (Å²) in [4.78, 5) is 0. The number of hydrogen-bond acceptors (Lipinski definition) is 2. The van der Waals surface area contributed by atoms with Crippen molar-refractivity contribution in [3.63, 3.8) is 0 Å². The average Bonchev–Trinajstić information content (AvgIpc) is 2.53. The maximum Gasteiger partial charge on any atom is 0.125 e. The molecule has 0 radical (unpaired) electrons. The molecule has 0 saturated heterocycles. The van der Waals surface area contributed by atoms with Crippen molar-refractivity contribution in [2.75, 3.05) is 7.11 Å². The number of hydrogen-bond donors (Lipinski definition) is 1. The van der Waals surface area contributed by atoms with Crippen LogP contribution in [0.2, 0.25) is 0 Å². The van der Waals surface area contributed by atoms with E-state index in [0.29, 0.717) is 6.42 Å². The fourth-order valence-electron chi connectivity index (χ4n) is 3.07. The third-order valence-corrected chi connectivity index (χ3v) is 4.64. The molecular formula is C23H32O2. The molecule has 1 N–H and O–H groups in total. The number of rotatable bonds is 4. The maximum absolute atomic E-state index is 10.7. The SMILES string of the molecule is COc1c(C[C@H](O)c2ccccc2)cc(C(C)(C)C)cc1C(C)(C)C. The summed E-state index contributed by atoms with van der Waals surface area (Å²) in [6.07, 6.45) is -0.00154. The first-order chi connectivity index (χ1) is 11.5. The van der Waals surface area contributed by atoms with Crippen LogP contribution in [0.3, 0.4) is 0 Å². The summed E-state index contributed by atoms with van der Waals surface area (Å²) in [6, 6.07) is 14.3. The van der Waals surface area contributed by atoms with Gasteiger partial charge >= 0.3 is 0 Å². The summed E-state index contributed by atoms with van der Waals surface area (Å²) in [5.41, 5.74) is 4.48. The van der Waals surface area contributed by atoms with Gasteiger partial charge in [-0.25, -0.2) is 0 Å². The van der Waals surface area contributed by atoms with Crippen LogP contribution >= 0.6 is 0 Å². The molecule has 0 amide bonds. The molecule has 0 saturated carbocycles. The van der Waals surface area contributed by atoms with Gasteiger partial charge in [0.2, 0.25) is 0 Å². The Kier molecular flexibility index (Phi) is 5.63. The molecule has 2 aromatic rings. The monoisotopic (exact) mass is 340 g/mol. The van der Waals surface area contributed by atoms with Crippen LogP contribution < -0.4 is 4.74 Å². The predicted molar refractivity (Wildman–Crippen MR) is 105 cm³/mol. The minimum atomic E-state index is -0.543. The summed E-state index contributed by atoms with van der Waals surface area (Å²) in [5, 5.41) is 10.7. The number of aliphatic hydroxyl groups is 1. The van der Waals surface area contributed by atoms with Crippen LogP contribution in [0.15, 0.2) is 42.5 Å². The maximum atomic E-state index is 10.7. The van der Waals surface area contributed by atoms with Crippen molar-refractivity contribution in [2.24, 2.45) is 0 Å². The number of benzene rings is 2. The summed E-state index contributed by atoms with van der Waals surface area (Å²) in [7, 11) is 1.72.